The highest BCUT2D eigenvalue weighted by Gasteiger charge is 2.48. The van der Waals surface area contributed by atoms with E-state index >= 15 is 0 Å². The van der Waals surface area contributed by atoms with Gasteiger partial charge in [0, 0.05) is 18.2 Å². The Bertz CT molecular complexity index is 1010. The first kappa shape index (κ1) is 24.3. The van der Waals surface area contributed by atoms with Crippen LogP contribution in [0.3, 0.4) is 0 Å². The molecule has 7 heteroatoms. The highest BCUT2D eigenvalue weighted by atomic mass is 16.5. The van der Waals surface area contributed by atoms with Crippen LogP contribution in [0.4, 0.5) is 0 Å². The zero-order valence-electron chi connectivity index (χ0n) is 20.8. The van der Waals surface area contributed by atoms with Crippen LogP contribution in [0.25, 0.3) is 11.3 Å². The molecule has 4 rings (SSSR count). The number of amides is 2. The molecule has 2 aliphatic rings. The summed E-state index contributed by atoms with van der Waals surface area (Å²) in [4.78, 5) is 28.9. The van der Waals surface area contributed by atoms with Gasteiger partial charge in [-0.3, -0.25) is 14.3 Å². The molecule has 1 atom stereocenters. The number of para-hydroxylation sites is 1. The Morgan fingerprint density at radius 3 is 2.68 bits per heavy atom. The van der Waals surface area contributed by atoms with Gasteiger partial charge in [0.05, 0.1) is 18.8 Å². The van der Waals surface area contributed by atoms with E-state index < -0.39 is 5.54 Å². The summed E-state index contributed by atoms with van der Waals surface area (Å²) in [6.07, 6.45) is 8.36. The van der Waals surface area contributed by atoms with Gasteiger partial charge in [-0.15, -0.1) is 0 Å². The van der Waals surface area contributed by atoms with Crippen LogP contribution in [0.15, 0.2) is 30.3 Å². The number of unbranched alkanes of at least 4 members (excludes halogenated alkanes) is 1. The van der Waals surface area contributed by atoms with E-state index in [-0.39, 0.29) is 17.9 Å². The summed E-state index contributed by atoms with van der Waals surface area (Å²) in [5, 5.41) is 8.04. The molecular weight excluding hydrogens is 428 g/mol. The van der Waals surface area contributed by atoms with Gasteiger partial charge in [0.15, 0.2) is 0 Å². The van der Waals surface area contributed by atoms with Crippen LogP contribution in [-0.2, 0) is 11.3 Å². The number of hydrogen-bond acceptors (Lipinski definition) is 4. The maximum atomic E-state index is 13.6. The van der Waals surface area contributed by atoms with Crippen molar-refractivity contribution in [3.8, 4) is 17.0 Å². The standard InChI is InChI=1S/C27H38N4O3/c1-4-6-17-34-24-15-11-10-14-21(24)22-18-23-25(32)30(16-5-2)27(3,19-31(23)29-22)26(33)28-20-12-8-7-9-13-20/h10-11,14-15,18,20H,4-9,12-13,16-17,19H2,1-3H3,(H,28,33). The van der Waals surface area contributed by atoms with Crippen molar-refractivity contribution in [2.75, 3.05) is 13.2 Å². The fraction of sp³-hybridized carbons (Fsp3) is 0.593. The first-order valence-corrected chi connectivity index (χ1v) is 12.9. The highest BCUT2D eigenvalue weighted by molar-refractivity contribution is 6.00. The summed E-state index contributed by atoms with van der Waals surface area (Å²) in [5.41, 5.74) is 1.11. The number of ether oxygens (including phenoxy) is 1. The summed E-state index contributed by atoms with van der Waals surface area (Å²) < 4.78 is 7.72. The molecule has 34 heavy (non-hydrogen) atoms. The summed E-state index contributed by atoms with van der Waals surface area (Å²) >= 11 is 0. The predicted molar refractivity (Wildman–Crippen MR) is 133 cm³/mol. The SMILES string of the molecule is CCCCOc1ccccc1-c1cc2n(n1)CC(C)(C(=O)NC1CCCCC1)N(CCC)C2=O. The van der Waals surface area contributed by atoms with Crippen LogP contribution in [0.5, 0.6) is 5.75 Å². The van der Waals surface area contributed by atoms with E-state index in [1.54, 1.807) is 9.58 Å². The molecule has 1 aromatic heterocycles. The molecule has 0 spiro atoms. The summed E-state index contributed by atoms with van der Waals surface area (Å²) in [6.45, 7) is 7.56. The number of nitrogens with one attached hydrogen (secondary N) is 1. The minimum absolute atomic E-state index is 0.0767. The first-order valence-electron chi connectivity index (χ1n) is 12.9. The molecule has 1 aliphatic heterocycles. The Kier molecular flexibility index (Phi) is 7.59. The van der Waals surface area contributed by atoms with Crippen molar-refractivity contribution in [2.45, 2.75) is 90.3 Å². The van der Waals surface area contributed by atoms with Gasteiger partial charge < -0.3 is 15.0 Å². The molecule has 1 fully saturated rings. The quantitative estimate of drug-likeness (QED) is 0.539. The molecule has 0 saturated heterocycles. The van der Waals surface area contributed by atoms with Crippen LogP contribution in [0, 0.1) is 0 Å². The number of fused-ring (bicyclic) bond motifs is 1. The van der Waals surface area contributed by atoms with Gasteiger partial charge in [0.1, 0.15) is 17.0 Å². The molecule has 0 radical (unpaired) electrons. The normalized spacial score (nSPS) is 20.8. The largest absolute Gasteiger partial charge is 0.493 e. The van der Waals surface area contributed by atoms with Crippen LogP contribution >= 0.6 is 0 Å². The maximum absolute atomic E-state index is 13.6. The van der Waals surface area contributed by atoms with Gasteiger partial charge in [0.25, 0.3) is 5.91 Å². The van der Waals surface area contributed by atoms with E-state index in [2.05, 4.69) is 12.2 Å². The molecule has 7 nitrogen and oxygen atoms in total. The van der Waals surface area contributed by atoms with Crippen LogP contribution in [0.2, 0.25) is 0 Å². The zero-order chi connectivity index (χ0) is 24.1. The van der Waals surface area contributed by atoms with Crippen molar-refractivity contribution in [3.63, 3.8) is 0 Å². The molecule has 1 N–H and O–H groups in total. The predicted octanol–water partition coefficient (Wildman–Crippen LogP) is 4.80. The second kappa shape index (κ2) is 10.6. The van der Waals surface area contributed by atoms with Gasteiger partial charge in [-0.25, -0.2) is 0 Å². The third kappa shape index (κ3) is 4.84. The number of rotatable bonds is 9. The fourth-order valence-electron chi connectivity index (χ4n) is 5.07. The molecule has 184 valence electrons. The van der Waals surface area contributed by atoms with Crippen molar-refractivity contribution in [1.29, 1.82) is 0 Å². The average molecular weight is 467 g/mol. The van der Waals surface area contributed by atoms with E-state index in [4.69, 9.17) is 9.84 Å². The smallest absolute Gasteiger partial charge is 0.273 e. The van der Waals surface area contributed by atoms with Crippen molar-refractivity contribution >= 4 is 11.8 Å². The number of nitrogens with zero attached hydrogens (tertiary/aromatic N) is 3. The monoisotopic (exact) mass is 466 g/mol. The number of benzene rings is 1. The number of carbonyl (C=O) groups excluding carboxylic acids is 2. The fourth-order valence-corrected chi connectivity index (χ4v) is 5.07. The lowest BCUT2D eigenvalue weighted by Crippen LogP contribution is -2.65. The minimum Gasteiger partial charge on any atom is -0.493 e. The third-order valence-electron chi connectivity index (χ3n) is 7.09. The van der Waals surface area contributed by atoms with Gasteiger partial charge in [-0.1, -0.05) is 51.7 Å². The molecule has 1 aromatic carbocycles. The Morgan fingerprint density at radius 2 is 1.94 bits per heavy atom. The van der Waals surface area contributed by atoms with E-state index in [0.717, 1.165) is 56.3 Å². The Balaban J connectivity index is 1.63. The second-order valence-electron chi connectivity index (χ2n) is 9.81. The molecular formula is C27H38N4O3. The second-order valence-corrected chi connectivity index (χ2v) is 9.81. The first-order chi connectivity index (χ1) is 16.5. The van der Waals surface area contributed by atoms with Gasteiger partial charge >= 0.3 is 0 Å². The summed E-state index contributed by atoms with van der Waals surface area (Å²) in [7, 11) is 0. The number of carbonyl (C=O) groups is 2. The van der Waals surface area contributed by atoms with E-state index in [9.17, 15) is 9.59 Å². The highest BCUT2D eigenvalue weighted by Crippen LogP contribution is 2.34. The van der Waals surface area contributed by atoms with Crippen LogP contribution in [0.1, 0.15) is 82.6 Å². The Morgan fingerprint density at radius 1 is 1.18 bits per heavy atom. The van der Waals surface area contributed by atoms with Crippen molar-refractivity contribution < 1.29 is 14.3 Å². The summed E-state index contributed by atoms with van der Waals surface area (Å²) in [5.74, 6) is 0.548. The minimum atomic E-state index is -0.974. The molecule has 1 saturated carbocycles. The average Bonchev–Trinajstić information content (AvgIpc) is 3.26. The van der Waals surface area contributed by atoms with Crippen LogP contribution < -0.4 is 10.1 Å². The topological polar surface area (TPSA) is 76.5 Å². The van der Waals surface area contributed by atoms with Crippen LogP contribution in [-0.4, -0.2) is 51.2 Å². The molecule has 0 bridgehead atoms. The van der Waals surface area contributed by atoms with Gasteiger partial charge in [-0.05, 0) is 50.8 Å². The molecule has 1 unspecified atom stereocenters. The lowest BCUT2D eigenvalue weighted by atomic mass is 9.91. The molecule has 1 aliphatic carbocycles. The third-order valence-corrected chi connectivity index (χ3v) is 7.09. The van der Waals surface area contributed by atoms with E-state index in [1.165, 1.54) is 6.42 Å². The molecule has 2 amide bonds. The summed E-state index contributed by atoms with van der Waals surface area (Å²) in [6, 6.07) is 9.84. The van der Waals surface area contributed by atoms with Gasteiger partial charge in [-0.2, -0.15) is 5.10 Å². The number of aromatic nitrogens is 2. The molecule has 2 heterocycles. The Hall–Kier alpha value is -2.83. The number of hydrogen-bond donors (Lipinski definition) is 1. The van der Waals surface area contributed by atoms with Crippen molar-refractivity contribution in [3.05, 3.63) is 36.0 Å². The van der Waals surface area contributed by atoms with Crippen molar-refractivity contribution in [1.82, 2.24) is 20.0 Å². The van der Waals surface area contributed by atoms with E-state index in [0.29, 0.717) is 31.1 Å². The van der Waals surface area contributed by atoms with Gasteiger partial charge in [0.2, 0.25) is 5.91 Å². The lowest BCUT2D eigenvalue weighted by Gasteiger charge is -2.44. The van der Waals surface area contributed by atoms with Crippen molar-refractivity contribution in [2.24, 2.45) is 0 Å². The maximum Gasteiger partial charge on any atom is 0.273 e. The van der Waals surface area contributed by atoms with E-state index in [1.807, 2.05) is 44.2 Å². The Labute approximate surface area is 202 Å². The zero-order valence-corrected chi connectivity index (χ0v) is 20.8. The molecule has 2 aromatic rings. The lowest BCUT2D eigenvalue weighted by molar-refractivity contribution is -0.134.